The van der Waals surface area contributed by atoms with Crippen molar-refractivity contribution in [2.45, 2.75) is 23.6 Å². The lowest BCUT2D eigenvalue weighted by molar-refractivity contribution is -0.139. The molecule has 144 valence electrons. The molecule has 0 saturated carbocycles. The van der Waals surface area contributed by atoms with Crippen LogP contribution in [0.2, 0.25) is 0 Å². The highest BCUT2D eigenvalue weighted by molar-refractivity contribution is 8.00. The first-order valence-electron chi connectivity index (χ1n) is 8.70. The fourth-order valence-electron chi connectivity index (χ4n) is 2.54. The van der Waals surface area contributed by atoms with E-state index in [1.54, 1.807) is 31.3 Å². The number of thioether (sulfide) groups is 1. The molecule has 0 bridgehead atoms. The second kappa shape index (κ2) is 9.23. The number of carbonyl (C=O) groups excluding carboxylic acids is 2. The summed E-state index contributed by atoms with van der Waals surface area (Å²) in [6.07, 6.45) is 1.64. The van der Waals surface area contributed by atoms with Gasteiger partial charge in [0.2, 0.25) is 5.89 Å². The van der Waals surface area contributed by atoms with E-state index < -0.39 is 5.25 Å². The summed E-state index contributed by atoms with van der Waals surface area (Å²) in [5.74, 6) is 0.459. The summed E-state index contributed by atoms with van der Waals surface area (Å²) in [7, 11) is 1.35. The van der Waals surface area contributed by atoms with Gasteiger partial charge in [0.05, 0.1) is 25.4 Å². The fourth-order valence-corrected chi connectivity index (χ4v) is 3.56. The summed E-state index contributed by atoms with van der Waals surface area (Å²) in [6, 6.07) is 16.7. The first-order chi connectivity index (χ1) is 13.6. The van der Waals surface area contributed by atoms with Crippen molar-refractivity contribution < 1.29 is 18.7 Å². The highest BCUT2D eigenvalue weighted by atomic mass is 32.2. The van der Waals surface area contributed by atoms with Crippen LogP contribution in [0.15, 0.2) is 70.1 Å². The number of carbonyl (C=O) groups is 2. The van der Waals surface area contributed by atoms with Crippen LogP contribution in [0.3, 0.4) is 0 Å². The molecule has 0 fully saturated rings. The van der Waals surface area contributed by atoms with Gasteiger partial charge in [-0.3, -0.25) is 9.59 Å². The molecule has 0 radical (unpaired) electrons. The molecule has 1 aromatic heterocycles. The first kappa shape index (κ1) is 19.7. The Labute approximate surface area is 167 Å². The maximum atomic E-state index is 12.6. The van der Waals surface area contributed by atoms with Crippen molar-refractivity contribution in [1.82, 2.24) is 10.3 Å². The standard InChI is InChI=1S/C21H20N2O4S/c1-14(21(25)26-2)28-18-11-7-6-10-16(18)20(24)23-13-19-22-12-17(27-19)15-8-4-3-5-9-15/h3-12,14H,13H2,1-2H3,(H,23,24). The van der Waals surface area contributed by atoms with Gasteiger partial charge in [-0.15, -0.1) is 11.8 Å². The van der Waals surface area contributed by atoms with Crippen LogP contribution in [0.1, 0.15) is 23.2 Å². The number of amides is 1. The number of hydrogen-bond acceptors (Lipinski definition) is 6. The maximum Gasteiger partial charge on any atom is 0.318 e. The number of aromatic nitrogens is 1. The Hall–Kier alpha value is -3.06. The molecule has 6 nitrogen and oxygen atoms in total. The molecule has 0 spiro atoms. The van der Waals surface area contributed by atoms with Crippen molar-refractivity contribution in [2.75, 3.05) is 7.11 Å². The molecule has 1 amide bonds. The summed E-state index contributed by atoms with van der Waals surface area (Å²) >= 11 is 1.28. The summed E-state index contributed by atoms with van der Waals surface area (Å²) < 4.78 is 10.5. The molecule has 0 aliphatic carbocycles. The molecule has 0 saturated heterocycles. The third kappa shape index (κ3) is 4.80. The number of rotatable bonds is 7. The molecule has 3 rings (SSSR count). The Morgan fingerprint density at radius 2 is 1.86 bits per heavy atom. The van der Waals surface area contributed by atoms with Gasteiger partial charge < -0.3 is 14.5 Å². The number of esters is 1. The van der Waals surface area contributed by atoms with Crippen LogP contribution >= 0.6 is 11.8 Å². The van der Waals surface area contributed by atoms with Gasteiger partial charge in [-0.05, 0) is 19.1 Å². The molecule has 3 aromatic rings. The molecule has 1 unspecified atom stereocenters. The van der Waals surface area contributed by atoms with Crippen LogP contribution in [0, 0.1) is 0 Å². The van der Waals surface area contributed by atoms with Crippen LogP contribution in [0.4, 0.5) is 0 Å². The highest BCUT2D eigenvalue weighted by Gasteiger charge is 2.19. The Bertz CT molecular complexity index is 956. The minimum absolute atomic E-state index is 0.164. The maximum absolute atomic E-state index is 12.6. The average molecular weight is 396 g/mol. The number of methoxy groups -OCH3 is 1. The topological polar surface area (TPSA) is 81.4 Å². The van der Waals surface area contributed by atoms with E-state index in [2.05, 4.69) is 10.3 Å². The molecule has 1 N–H and O–H groups in total. The zero-order valence-corrected chi connectivity index (χ0v) is 16.4. The summed E-state index contributed by atoms with van der Waals surface area (Å²) in [5, 5.41) is 2.39. The van der Waals surface area contributed by atoms with E-state index in [4.69, 9.17) is 9.15 Å². The highest BCUT2D eigenvalue weighted by Crippen LogP contribution is 2.27. The van der Waals surface area contributed by atoms with Crippen LogP contribution in [-0.2, 0) is 16.1 Å². The smallest absolute Gasteiger partial charge is 0.318 e. The van der Waals surface area contributed by atoms with Crippen molar-refractivity contribution >= 4 is 23.6 Å². The third-order valence-electron chi connectivity index (χ3n) is 3.98. The van der Waals surface area contributed by atoms with Gasteiger partial charge in [0.1, 0.15) is 5.25 Å². The van der Waals surface area contributed by atoms with Crippen LogP contribution in [0.25, 0.3) is 11.3 Å². The van der Waals surface area contributed by atoms with Gasteiger partial charge in [0.25, 0.3) is 5.91 Å². The lowest BCUT2D eigenvalue weighted by Crippen LogP contribution is -2.24. The lowest BCUT2D eigenvalue weighted by atomic mass is 10.2. The van der Waals surface area contributed by atoms with Gasteiger partial charge in [-0.25, -0.2) is 4.98 Å². The summed E-state index contributed by atoms with van der Waals surface area (Å²) in [4.78, 5) is 29.2. The predicted octanol–water partition coefficient (Wildman–Crippen LogP) is 3.93. The second-order valence-corrected chi connectivity index (χ2v) is 7.33. The number of ether oxygens (including phenoxy) is 1. The van der Waals surface area contributed by atoms with E-state index in [9.17, 15) is 9.59 Å². The van der Waals surface area contributed by atoms with Crippen LogP contribution < -0.4 is 5.32 Å². The van der Waals surface area contributed by atoms with Crippen LogP contribution in [-0.4, -0.2) is 29.2 Å². The molecular weight excluding hydrogens is 376 g/mol. The van der Waals surface area contributed by atoms with Crippen molar-refractivity contribution in [3.8, 4) is 11.3 Å². The molecule has 1 atom stereocenters. The van der Waals surface area contributed by atoms with E-state index in [1.807, 2.05) is 36.4 Å². The van der Waals surface area contributed by atoms with Gasteiger partial charge >= 0.3 is 5.97 Å². The lowest BCUT2D eigenvalue weighted by Gasteiger charge is -2.12. The quantitative estimate of drug-likeness (QED) is 0.481. The SMILES string of the molecule is COC(=O)C(C)Sc1ccccc1C(=O)NCc1ncc(-c2ccccc2)o1. The number of oxazole rings is 1. The van der Waals surface area contributed by atoms with Crippen molar-refractivity contribution in [3.63, 3.8) is 0 Å². The number of nitrogens with one attached hydrogen (secondary N) is 1. The van der Waals surface area contributed by atoms with E-state index in [1.165, 1.54) is 18.9 Å². The van der Waals surface area contributed by atoms with Gasteiger partial charge in [-0.1, -0.05) is 42.5 Å². The number of benzene rings is 2. The second-order valence-electron chi connectivity index (χ2n) is 5.95. The molecule has 2 aromatic carbocycles. The molecule has 7 heteroatoms. The Kier molecular flexibility index (Phi) is 6.49. The van der Waals surface area contributed by atoms with Gasteiger partial charge in [0, 0.05) is 10.5 Å². The molecule has 0 aliphatic rings. The van der Waals surface area contributed by atoms with Crippen molar-refractivity contribution in [1.29, 1.82) is 0 Å². The molecule has 1 heterocycles. The monoisotopic (exact) mass is 396 g/mol. The normalized spacial score (nSPS) is 11.6. The molecule has 0 aliphatic heterocycles. The predicted molar refractivity (Wildman–Crippen MR) is 107 cm³/mol. The van der Waals surface area contributed by atoms with E-state index in [0.29, 0.717) is 22.1 Å². The Balaban J connectivity index is 1.66. The van der Waals surface area contributed by atoms with Crippen molar-refractivity contribution in [2.24, 2.45) is 0 Å². The summed E-state index contributed by atoms with van der Waals surface area (Å²) in [6.45, 7) is 1.90. The molecular formula is C21H20N2O4S. The zero-order valence-electron chi connectivity index (χ0n) is 15.5. The van der Waals surface area contributed by atoms with Gasteiger partial charge in [0.15, 0.2) is 5.76 Å². The van der Waals surface area contributed by atoms with Gasteiger partial charge in [-0.2, -0.15) is 0 Å². The van der Waals surface area contributed by atoms with Crippen LogP contribution in [0.5, 0.6) is 0 Å². The Morgan fingerprint density at radius 3 is 2.61 bits per heavy atom. The van der Waals surface area contributed by atoms with E-state index >= 15 is 0 Å². The summed E-state index contributed by atoms with van der Waals surface area (Å²) in [5.41, 5.74) is 1.41. The first-order valence-corrected chi connectivity index (χ1v) is 9.58. The molecule has 28 heavy (non-hydrogen) atoms. The Morgan fingerprint density at radius 1 is 1.14 bits per heavy atom. The van der Waals surface area contributed by atoms with E-state index in [-0.39, 0.29) is 18.4 Å². The van der Waals surface area contributed by atoms with Crippen molar-refractivity contribution in [3.05, 3.63) is 72.2 Å². The minimum Gasteiger partial charge on any atom is -0.468 e. The number of hydrogen-bond donors (Lipinski definition) is 1. The average Bonchev–Trinajstić information content (AvgIpc) is 3.21. The number of nitrogens with zero attached hydrogens (tertiary/aromatic N) is 1. The zero-order chi connectivity index (χ0) is 19.9. The fraction of sp³-hybridized carbons (Fsp3) is 0.190. The largest absolute Gasteiger partial charge is 0.468 e. The minimum atomic E-state index is -0.417. The van der Waals surface area contributed by atoms with E-state index in [0.717, 1.165) is 5.56 Å². The third-order valence-corrected chi connectivity index (χ3v) is 5.14.